The number of carbonyl (C=O) groups excluding carboxylic acids is 2. The molecule has 7 nitrogen and oxygen atoms in total. The Kier molecular flexibility index (Phi) is 3.11. The maximum atomic E-state index is 12.6. The van der Waals surface area contributed by atoms with Crippen LogP contribution in [0, 0.1) is 11.8 Å². The molecule has 2 amide bonds. The fraction of sp³-hybridized carbons (Fsp3) is 0.500. The van der Waals surface area contributed by atoms with E-state index in [2.05, 4.69) is 0 Å². The summed E-state index contributed by atoms with van der Waals surface area (Å²) in [6.07, 6.45) is -5.31. The van der Waals surface area contributed by atoms with Crippen molar-refractivity contribution in [3.8, 4) is 0 Å². The van der Waals surface area contributed by atoms with Gasteiger partial charge in [-0.05, 0) is 30.4 Å². The van der Waals surface area contributed by atoms with Gasteiger partial charge in [0.05, 0.1) is 23.3 Å². The molecule has 7 heteroatoms. The first-order valence-electron chi connectivity index (χ1n) is 7.62. The molecule has 1 aromatic carbocycles. The second-order valence-corrected chi connectivity index (χ2v) is 6.54. The van der Waals surface area contributed by atoms with Crippen LogP contribution in [0.1, 0.15) is 27.1 Å². The minimum absolute atomic E-state index is 0.265. The van der Waals surface area contributed by atoms with Crippen LogP contribution in [-0.4, -0.2) is 67.6 Å². The molecule has 4 unspecified atom stereocenters. The number of aliphatic hydroxyl groups excluding tert-OH is 4. The van der Waals surface area contributed by atoms with E-state index in [4.69, 9.17) is 0 Å². The molecule has 0 aromatic heterocycles. The second-order valence-electron chi connectivity index (χ2n) is 6.54. The van der Waals surface area contributed by atoms with E-state index in [0.29, 0.717) is 6.42 Å². The molecule has 2 fully saturated rings. The highest BCUT2D eigenvalue weighted by Crippen LogP contribution is 2.51. The third-order valence-corrected chi connectivity index (χ3v) is 5.29. The van der Waals surface area contributed by atoms with Gasteiger partial charge in [-0.1, -0.05) is 12.1 Å². The van der Waals surface area contributed by atoms with Crippen molar-refractivity contribution in [1.29, 1.82) is 0 Å². The van der Waals surface area contributed by atoms with Gasteiger partial charge in [0, 0.05) is 0 Å². The van der Waals surface area contributed by atoms with E-state index < -0.39 is 42.3 Å². The summed E-state index contributed by atoms with van der Waals surface area (Å²) in [5, 5.41) is 40.4. The molecule has 0 spiro atoms. The topological polar surface area (TPSA) is 118 Å². The fourth-order valence-corrected chi connectivity index (χ4v) is 3.96. The Morgan fingerprint density at radius 2 is 1.30 bits per heavy atom. The Morgan fingerprint density at radius 3 is 1.87 bits per heavy atom. The van der Waals surface area contributed by atoms with Gasteiger partial charge in [0.15, 0.2) is 0 Å². The van der Waals surface area contributed by atoms with Gasteiger partial charge >= 0.3 is 0 Å². The van der Waals surface area contributed by atoms with Crippen molar-refractivity contribution in [2.45, 2.75) is 36.9 Å². The van der Waals surface area contributed by atoms with Gasteiger partial charge in [-0.2, -0.15) is 0 Å². The van der Waals surface area contributed by atoms with Crippen molar-refractivity contribution in [1.82, 2.24) is 4.90 Å². The minimum atomic E-state index is -1.62. The van der Waals surface area contributed by atoms with Crippen LogP contribution in [0.15, 0.2) is 24.3 Å². The highest BCUT2D eigenvalue weighted by atomic mass is 16.4. The second kappa shape index (κ2) is 4.85. The zero-order chi connectivity index (χ0) is 16.5. The summed E-state index contributed by atoms with van der Waals surface area (Å²) in [4.78, 5) is 26.2. The van der Waals surface area contributed by atoms with Crippen LogP contribution in [0.2, 0.25) is 0 Å². The van der Waals surface area contributed by atoms with Crippen LogP contribution in [0.5, 0.6) is 0 Å². The average Bonchev–Trinajstić information content (AvgIpc) is 3.31. The van der Waals surface area contributed by atoms with E-state index in [0.717, 1.165) is 4.90 Å². The standard InChI is InChI=1S/C16H17NO6/c18-11-9-5-8(9)10(12(19)14(21)13(11)20)17-15(22)6-3-1-2-4-7(6)16(17)23/h1-4,8-14,18-21H,5H2/t8-,9+,10-,11?,12?,13?,14?/m0/s1. The summed E-state index contributed by atoms with van der Waals surface area (Å²) in [5.74, 6) is -1.70. The average molecular weight is 319 g/mol. The largest absolute Gasteiger partial charge is 0.390 e. The summed E-state index contributed by atoms with van der Waals surface area (Å²) in [6, 6.07) is 5.44. The lowest BCUT2D eigenvalue weighted by atomic mass is 9.98. The number of carbonyl (C=O) groups is 2. The van der Waals surface area contributed by atoms with E-state index in [1.165, 1.54) is 0 Å². The van der Waals surface area contributed by atoms with E-state index >= 15 is 0 Å². The molecular weight excluding hydrogens is 302 g/mol. The van der Waals surface area contributed by atoms with Gasteiger partial charge < -0.3 is 20.4 Å². The number of amides is 2. The van der Waals surface area contributed by atoms with Crippen molar-refractivity contribution in [2.75, 3.05) is 0 Å². The maximum absolute atomic E-state index is 12.6. The van der Waals surface area contributed by atoms with Crippen LogP contribution >= 0.6 is 0 Å². The Balaban J connectivity index is 1.74. The summed E-state index contributed by atoms with van der Waals surface area (Å²) in [6.45, 7) is 0. The van der Waals surface area contributed by atoms with E-state index in [1.54, 1.807) is 24.3 Å². The van der Waals surface area contributed by atoms with E-state index in [-0.39, 0.29) is 23.0 Å². The first-order valence-corrected chi connectivity index (χ1v) is 7.62. The molecule has 7 atom stereocenters. The number of aliphatic hydroxyl groups is 4. The van der Waals surface area contributed by atoms with Crippen LogP contribution in [-0.2, 0) is 0 Å². The summed E-state index contributed by atoms with van der Waals surface area (Å²) >= 11 is 0. The number of benzene rings is 1. The number of fused-ring (bicyclic) bond motifs is 2. The molecule has 4 rings (SSSR count). The van der Waals surface area contributed by atoms with Gasteiger partial charge in [-0.3, -0.25) is 14.5 Å². The Morgan fingerprint density at radius 1 is 0.783 bits per heavy atom. The normalized spacial score (nSPS) is 42.3. The first kappa shape index (κ1) is 14.8. The molecule has 2 aliphatic carbocycles. The van der Waals surface area contributed by atoms with Gasteiger partial charge in [0.1, 0.15) is 18.3 Å². The number of imide groups is 1. The zero-order valence-corrected chi connectivity index (χ0v) is 12.1. The number of nitrogens with zero attached hydrogens (tertiary/aromatic N) is 1. The fourth-order valence-electron chi connectivity index (χ4n) is 3.96. The quantitative estimate of drug-likeness (QED) is 0.480. The van der Waals surface area contributed by atoms with E-state index in [9.17, 15) is 30.0 Å². The summed E-state index contributed by atoms with van der Waals surface area (Å²) in [5.41, 5.74) is 0.531. The van der Waals surface area contributed by atoms with Crippen molar-refractivity contribution in [3.63, 3.8) is 0 Å². The number of hydrogen-bond donors (Lipinski definition) is 4. The molecule has 0 radical (unpaired) electrons. The molecule has 1 heterocycles. The Hall–Kier alpha value is -1.80. The van der Waals surface area contributed by atoms with Crippen LogP contribution < -0.4 is 0 Å². The van der Waals surface area contributed by atoms with Crippen molar-refractivity contribution in [3.05, 3.63) is 35.4 Å². The minimum Gasteiger partial charge on any atom is -0.390 e. The molecule has 0 bridgehead atoms. The van der Waals surface area contributed by atoms with Gasteiger partial charge in [0.25, 0.3) is 11.8 Å². The Labute approximate surface area is 131 Å². The lowest BCUT2D eigenvalue weighted by Crippen LogP contribution is -2.54. The van der Waals surface area contributed by atoms with Gasteiger partial charge in [-0.25, -0.2) is 0 Å². The monoisotopic (exact) mass is 319 g/mol. The van der Waals surface area contributed by atoms with Crippen molar-refractivity contribution in [2.24, 2.45) is 11.8 Å². The molecular formula is C16H17NO6. The molecule has 4 N–H and O–H groups in total. The zero-order valence-electron chi connectivity index (χ0n) is 12.1. The number of hydrogen-bond acceptors (Lipinski definition) is 6. The summed E-state index contributed by atoms with van der Waals surface area (Å²) < 4.78 is 0. The molecule has 23 heavy (non-hydrogen) atoms. The first-order chi connectivity index (χ1) is 10.9. The SMILES string of the molecule is O=C1c2ccccc2C(=O)N1[C@@H]1C(O)C(O)C(O)C(O)[C@@H]2C[C@H]12. The Bertz CT molecular complexity index is 656. The van der Waals surface area contributed by atoms with Gasteiger partial charge in [0.2, 0.25) is 0 Å². The molecule has 122 valence electrons. The number of rotatable bonds is 1. The third kappa shape index (κ3) is 1.91. The molecule has 1 aliphatic heterocycles. The van der Waals surface area contributed by atoms with Gasteiger partial charge in [-0.15, -0.1) is 0 Å². The molecule has 0 saturated heterocycles. The van der Waals surface area contributed by atoms with E-state index in [1.807, 2.05) is 0 Å². The predicted octanol–water partition coefficient (Wildman–Crippen LogP) is -1.26. The lowest BCUT2D eigenvalue weighted by Gasteiger charge is -2.33. The van der Waals surface area contributed by atoms with Crippen molar-refractivity contribution >= 4 is 11.8 Å². The summed E-state index contributed by atoms with van der Waals surface area (Å²) in [7, 11) is 0. The molecule has 3 aliphatic rings. The smallest absolute Gasteiger partial charge is 0.261 e. The van der Waals surface area contributed by atoms with Crippen LogP contribution in [0.25, 0.3) is 0 Å². The highest BCUT2D eigenvalue weighted by Gasteiger charge is 2.61. The molecule has 1 aromatic rings. The van der Waals surface area contributed by atoms with Crippen LogP contribution in [0.3, 0.4) is 0 Å². The third-order valence-electron chi connectivity index (χ3n) is 5.29. The maximum Gasteiger partial charge on any atom is 0.261 e. The van der Waals surface area contributed by atoms with Crippen LogP contribution in [0.4, 0.5) is 0 Å². The highest BCUT2D eigenvalue weighted by molar-refractivity contribution is 6.21. The van der Waals surface area contributed by atoms with Crippen molar-refractivity contribution < 1.29 is 30.0 Å². The lowest BCUT2D eigenvalue weighted by molar-refractivity contribution is -0.111. The predicted molar refractivity (Wildman–Crippen MR) is 76.4 cm³/mol. The molecule has 2 saturated carbocycles.